The highest BCUT2D eigenvalue weighted by Gasteiger charge is 2.21. The number of hydrogen-bond acceptors (Lipinski definition) is 3. The second kappa shape index (κ2) is 7.64. The first kappa shape index (κ1) is 15.3. The maximum atomic E-state index is 11.9. The molecule has 0 bridgehead atoms. The number of urea groups is 1. The number of carboxylic acid groups (broad SMARTS) is 1. The topological polar surface area (TPSA) is 72.9 Å². The molecule has 0 saturated carbocycles. The van der Waals surface area contributed by atoms with Crippen LogP contribution in [-0.2, 0) is 4.79 Å². The molecule has 1 rings (SSSR count). The summed E-state index contributed by atoms with van der Waals surface area (Å²) >= 11 is 0. The SMILES string of the molecule is C#CCN(CC(=O)O)C(=O)NCC1CCCCN1C. The molecule has 1 unspecified atom stereocenters. The number of aliphatic carboxylic acids is 1. The van der Waals surface area contributed by atoms with Gasteiger partial charge in [-0.05, 0) is 26.4 Å². The van der Waals surface area contributed by atoms with Gasteiger partial charge in [-0.3, -0.25) is 4.79 Å². The lowest BCUT2D eigenvalue weighted by atomic mass is 10.0. The van der Waals surface area contributed by atoms with Crippen molar-refractivity contribution in [2.45, 2.75) is 25.3 Å². The molecule has 1 aliphatic rings. The van der Waals surface area contributed by atoms with Crippen molar-refractivity contribution in [3.8, 4) is 12.3 Å². The van der Waals surface area contributed by atoms with Gasteiger partial charge in [-0.2, -0.15) is 0 Å². The molecule has 106 valence electrons. The Bertz CT molecular complexity index is 365. The number of carbonyl (C=O) groups excluding carboxylic acids is 1. The molecule has 0 aromatic heterocycles. The monoisotopic (exact) mass is 267 g/mol. The average Bonchev–Trinajstić information content (AvgIpc) is 2.36. The number of nitrogens with zero attached hydrogens (tertiary/aromatic N) is 2. The second-order valence-electron chi connectivity index (χ2n) is 4.77. The molecular weight excluding hydrogens is 246 g/mol. The van der Waals surface area contributed by atoms with E-state index >= 15 is 0 Å². The van der Waals surface area contributed by atoms with Crippen molar-refractivity contribution in [3.63, 3.8) is 0 Å². The summed E-state index contributed by atoms with van der Waals surface area (Å²) in [4.78, 5) is 25.8. The predicted molar refractivity (Wildman–Crippen MR) is 71.7 cm³/mol. The Balaban J connectivity index is 2.43. The molecule has 0 aliphatic carbocycles. The smallest absolute Gasteiger partial charge is 0.323 e. The summed E-state index contributed by atoms with van der Waals surface area (Å²) in [6.45, 7) is 1.18. The quantitative estimate of drug-likeness (QED) is 0.698. The highest BCUT2D eigenvalue weighted by Crippen LogP contribution is 2.13. The number of carboxylic acids is 1. The number of piperidine rings is 1. The van der Waals surface area contributed by atoms with Gasteiger partial charge in [-0.25, -0.2) is 4.79 Å². The lowest BCUT2D eigenvalue weighted by molar-refractivity contribution is -0.137. The third-order valence-electron chi connectivity index (χ3n) is 3.31. The van der Waals surface area contributed by atoms with Gasteiger partial charge < -0.3 is 20.2 Å². The van der Waals surface area contributed by atoms with Crippen molar-refractivity contribution < 1.29 is 14.7 Å². The molecule has 6 heteroatoms. The normalized spacial score (nSPS) is 19.5. The molecule has 0 radical (unpaired) electrons. The van der Waals surface area contributed by atoms with Crippen LogP contribution in [0, 0.1) is 12.3 Å². The van der Waals surface area contributed by atoms with Crippen LogP contribution in [0.5, 0.6) is 0 Å². The van der Waals surface area contributed by atoms with Crippen LogP contribution in [0.3, 0.4) is 0 Å². The zero-order chi connectivity index (χ0) is 14.3. The number of amides is 2. The molecule has 2 amide bonds. The Morgan fingerprint density at radius 1 is 1.53 bits per heavy atom. The van der Waals surface area contributed by atoms with Crippen LogP contribution < -0.4 is 5.32 Å². The van der Waals surface area contributed by atoms with Crippen molar-refractivity contribution in [1.82, 2.24) is 15.1 Å². The fraction of sp³-hybridized carbons (Fsp3) is 0.692. The molecule has 1 aliphatic heterocycles. The third-order valence-corrected chi connectivity index (χ3v) is 3.31. The van der Waals surface area contributed by atoms with Gasteiger partial charge in [0.2, 0.25) is 0 Å². The lowest BCUT2D eigenvalue weighted by Gasteiger charge is -2.33. The largest absolute Gasteiger partial charge is 0.480 e. The zero-order valence-corrected chi connectivity index (χ0v) is 11.3. The van der Waals surface area contributed by atoms with Gasteiger partial charge in [0.05, 0.1) is 6.54 Å². The number of hydrogen-bond donors (Lipinski definition) is 2. The Hall–Kier alpha value is -1.74. The van der Waals surface area contributed by atoms with Gasteiger partial charge >= 0.3 is 12.0 Å². The van der Waals surface area contributed by atoms with Gasteiger partial charge in [0.1, 0.15) is 6.54 Å². The number of likely N-dealkylation sites (N-methyl/N-ethyl adjacent to an activating group) is 1. The van der Waals surface area contributed by atoms with Crippen LogP contribution in [0.2, 0.25) is 0 Å². The molecule has 19 heavy (non-hydrogen) atoms. The summed E-state index contributed by atoms with van der Waals surface area (Å²) in [6, 6.07) is -0.102. The highest BCUT2D eigenvalue weighted by atomic mass is 16.4. The van der Waals surface area contributed by atoms with E-state index in [0.717, 1.165) is 24.3 Å². The van der Waals surface area contributed by atoms with Crippen molar-refractivity contribution >= 4 is 12.0 Å². The summed E-state index contributed by atoms with van der Waals surface area (Å²) < 4.78 is 0. The van der Waals surface area contributed by atoms with Crippen LogP contribution in [0.1, 0.15) is 19.3 Å². The Morgan fingerprint density at radius 2 is 2.26 bits per heavy atom. The van der Waals surface area contributed by atoms with E-state index in [1.807, 2.05) is 7.05 Å². The number of terminal acetylenes is 1. The summed E-state index contributed by atoms with van der Waals surface area (Å²) in [7, 11) is 2.03. The maximum Gasteiger partial charge on any atom is 0.323 e. The molecule has 0 aromatic rings. The minimum absolute atomic E-state index is 0.00135. The maximum absolute atomic E-state index is 11.9. The van der Waals surface area contributed by atoms with Crippen LogP contribution in [0.15, 0.2) is 0 Å². The van der Waals surface area contributed by atoms with Gasteiger partial charge in [0.15, 0.2) is 0 Å². The fourth-order valence-corrected chi connectivity index (χ4v) is 2.19. The number of nitrogens with one attached hydrogen (secondary N) is 1. The first-order chi connectivity index (χ1) is 9.04. The summed E-state index contributed by atoms with van der Waals surface area (Å²) in [5, 5.41) is 11.5. The van der Waals surface area contributed by atoms with Crippen molar-refractivity contribution in [2.24, 2.45) is 0 Å². The number of rotatable bonds is 5. The van der Waals surface area contributed by atoms with E-state index in [2.05, 4.69) is 16.1 Å². The molecular formula is C13H21N3O3. The van der Waals surface area contributed by atoms with Crippen LogP contribution in [0.25, 0.3) is 0 Å². The third kappa shape index (κ3) is 5.18. The first-order valence-electron chi connectivity index (χ1n) is 6.43. The van der Waals surface area contributed by atoms with Crippen LogP contribution >= 0.6 is 0 Å². The van der Waals surface area contributed by atoms with E-state index in [-0.39, 0.29) is 13.1 Å². The molecule has 1 saturated heterocycles. The highest BCUT2D eigenvalue weighted by molar-refractivity contribution is 5.80. The molecule has 0 aromatic carbocycles. The standard InChI is InChI=1S/C13H21N3O3/c1-3-7-16(10-12(17)18)13(19)14-9-11-6-4-5-8-15(11)2/h1,11H,4-10H2,2H3,(H,14,19)(H,17,18). The molecule has 6 nitrogen and oxygen atoms in total. The summed E-state index contributed by atoms with van der Waals surface area (Å²) in [5.74, 6) is 1.22. The minimum atomic E-state index is -1.07. The minimum Gasteiger partial charge on any atom is -0.480 e. The van der Waals surface area contributed by atoms with Gasteiger partial charge in [-0.1, -0.05) is 12.3 Å². The molecule has 1 fully saturated rings. The Kier molecular flexibility index (Phi) is 6.16. The van der Waals surface area contributed by atoms with Crippen molar-refractivity contribution in [3.05, 3.63) is 0 Å². The van der Waals surface area contributed by atoms with E-state index < -0.39 is 12.0 Å². The average molecular weight is 267 g/mol. The zero-order valence-electron chi connectivity index (χ0n) is 11.3. The molecule has 2 N–H and O–H groups in total. The molecule has 1 atom stereocenters. The van der Waals surface area contributed by atoms with E-state index in [1.54, 1.807) is 0 Å². The van der Waals surface area contributed by atoms with Gasteiger partial charge in [-0.15, -0.1) is 6.42 Å². The second-order valence-corrected chi connectivity index (χ2v) is 4.77. The fourth-order valence-electron chi connectivity index (χ4n) is 2.19. The summed E-state index contributed by atoms with van der Waals surface area (Å²) in [5.41, 5.74) is 0. The van der Waals surface area contributed by atoms with Crippen LogP contribution in [-0.4, -0.2) is 66.2 Å². The van der Waals surface area contributed by atoms with E-state index in [0.29, 0.717) is 12.6 Å². The Morgan fingerprint density at radius 3 is 2.84 bits per heavy atom. The number of carbonyl (C=O) groups is 2. The van der Waals surface area contributed by atoms with Gasteiger partial charge in [0, 0.05) is 12.6 Å². The molecule has 0 spiro atoms. The Labute approximate surface area is 113 Å². The van der Waals surface area contributed by atoms with E-state index in [9.17, 15) is 9.59 Å². The predicted octanol–water partition coefficient (Wildman–Crippen LogP) is 0.200. The van der Waals surface area contributed by atoms with E-state index in [4.69, 9.17) is 11.5 Å². The number of likely N-dealkylation sites (tertiary alicyclic amines) is 1. The van der Waals surface area contributed by atoms with Crippen molar-refractivity contribution in [1.29, 1.82) is 0 Å². The summed E-state index contributed by atoms with van der Waals surface area (Å²) in [6.07, 6.45) is 8.52. The van der Waals surface area contributed by atoms with E-state index in [1.165, 1.54) is 6.42 Å². The first-order valence-corrected chi connectivity index (χ1v) is 6.43. The molecule has 1 heterocycles. The lowest BCUT2D eigenvalue weighted by Crippen LogP contribution is -2.49. The van der Waals surface area contributed by atoms with Crippen molar-refractivity contribution in [2.75, 3.05) is 33.2 Å². The van der Waals surface area contributed by atoms with Crippen LogP contribution in [0.4, 0.5) is 4.79 Å². The van der Waals surface area contributed by atoms with Gasteiger partial charge in [0.25, 0.3) is 0 Å².